The normalized spacial score (nSPS) is 9.46. The maximum Gasteiger partial charge on any atom is 1.00 e. The average Bonchev–Trinajstić information content (AvgIpc) is 1.14. The van der Waals surface area contributed by atoms with E-state index in [-0.39, 0.29) is 106 Å². The summed E-state index contributed by atoms with van der Waals surface area (Å²) in [5.41, 5.74) is 0. The molecule has 0 N–H and O–H groups in total. The van der Waals surface area contributed by atoms with E-state index in [0.717, 1.165) is 0 Å². The molecule has 0 aliphatic rings. The molecular formula is H3AlNa3O7PS. The van der Waals surface area contributed by atoms with Crippen LogP contribution in [0.4, 0.5) is 0 Å². The molecule has 0 fully saturated rings. The first-order valence-corrected chi connectivity index (χ1v) is 4.19. The van der Waals surface area contributed by atoms with Crippen molar-refractivity contribution in [3.8, 4) is 0 Å². The summed E-state index contributed by atoms with van der Waals surface area (Å²) in [6.07, 6.45) is 0. The van der Waals surface area contributed by atoms with E-state index in [1.54, 1.807) is 0 Å². The van der Waals surface area contributed by atoms with Gasteiger partial charge in [-0.3, -0.25) is 0 Å². The molecule has 0 saturated heterocycles. The first-order valence-electron chi connectivity index (χ1n) is 1.40. The third kappa shape index (κ3) is 31.3. The number of hydrogen-bond acceptors (Lipinski definition) is 7. The smallest absolute Gasteiger partial charge is 0.789 e. The summed E-state index contributed by atoms with van der Waals surface area (Å²) in [6, 6.07) is 0. The first kappa shape index (κ1) is 30.0. The van der Waals surface area contributed by atoms with Crippen LogP contribution in [-0.4, -0.2) is 30.3 Å². The second-order valence-electron chi connectivity index (χ2n) is 0.930. The fourth-order valence-corrected chi connectivity index (χ4v) is 1.01. The summed E-state index contributed by atoms with van der Waals surface area (Å²) < 4.78 is 39.7. The van der Waals surface area contributed by atoms with Gasteiger partial charge in [0.05, 0.1) is 7.82 Å². The van der Waals surface area contributed by atoms with Gasteiger partial charge in [-0.25, -0.2) is 12.4 Å². The predicted octanol–water partition coefficient (Wildman–Crippen LogP) is -12.9. The molecule has 7 nitrogen and oxygen atoms in total. The van der Waals surface area contributed by atoms with Gasteiger partial charge in [-0.15, -0.1) is 0 Å². The molecule has 0 heterocycles. The van der Waals surface area contributed by atoms with Crippen LogP contribution in [0.15, 0.2) is 0 Å². The zero-order valence-electron chi connectivity index (χ0n) is 6.71. The van der Waals surface area contributed by atoms with E-state index in [1.807, 2.05) is 0 Å². The number of rotatable bonds is 2. The summed E-state index contributed by atoms with van der Waals surface area (Å²) in [7, 11) is -11.1. The van der Waals surface area contributed by atoms with Gasteiger partial charge in [0.2, 0.25) is 10.4 Å². The third-order valence-corrected chi connectivity index (χ3v) is 1.64. The standard InChI is InChI=1S/Al.3Na.H3O7PS.3H/c;;;;1-8(2,3)7-9(4,5)6;;;/h;;;;(H2,1,2,3)(H,4,5,6);;;/q;3*+1;;;;/p-3. The van der Waals surface area contributed by atoms with Crippen LogP contribution in [0.3, 0.4) is 0 Å². The van der Waals surface area contributed by atoms with E-state index < -0.39 is 18.2 Å². The van der Waals surface area contributed by atoms with E-state index in [9.17, 15) is 27.3 Å². The Bertz CT molecular complexity index is 230. The Morgan fingerprint density at radius 3 is 1.31 bits per heavy atom. The Morgan fingerprint density at radius 1 is 1.08 bits per heavy atom. The van der Waals surface area contributed by atoms with Crippen LogP contribution in [0, 0.1) is 0 Å². The van der Waals surface area contributed by atoms with E-state index >= 15 is 0 Å². The average molecular weight is 274 g/mol. The predicted molar refractivity (Wildman–Crippen MR) is 28.3 cm³/mol. The summed E-state index contributed by atoms with van der Waals surface area (Å²) in [6.45, 7) is 0. The van der Waals surface area contributed by atoms with Crippen molar-refractivity contribution in [3.63, 3.8) is 0 Å². The minimum Gasteiger partial charge on any atom is -0.789 e. The SMILES string of the molecule is O=P([O-])([O-])OS(=O)(=O)[O-].[AlH3].[Na+].[Na+].[Na+]. The number of phosphoric acid groups is 1. The van der Waals surface area contributed by atoms with Gasteiger partial charge in [0, 0.05) is 0 Å². The Kier molecular flexibility index (Phi) is 27.7. The second kappa shape index (κ2) is 12.0. The Labute approximate surface area is 153 Å². The van der Waals surface area contributed by atoms with Crippen molar-refractivity contribution in [1.82, 2.24) is 0 Å². The molecule has 0 aromatic heterocycles. The van der Waals surface area contributed by atoms with Gasteiger partial charge >= 0.3 is 88.7 Å². The Morgan fingerprint density at radius 2 is 1.31 bits per heavy atom. The molecule has 0 unspecified atom stereocenters. The molecule has 0 aliphatic carbocycles. The topological polar surface area (TPSA) is 130 Å². The molecule has 0 rings (SSSR count). The van der Waals surface area contributed by atoms with E-state index in [1.165, 1.54) is 0 Å². The molecule has 13 heavy (non-hydrogen) atoms. The van der Waals surface area contributed by atoms with Gasteiger partial charge in [-0.1, -0.05) is 0 Å². The maximum atomic E-state index is 9.32. The van der Waals surface area contributed by atoms with Crippen molar-refractivity contribution in [2.75, 3.05) is 0 Å². The fraction of sp³-hybridized carbons (Fsp3) is 0. The monoisotopic (exact) mass is 274 g/mol. The van der Waals surface area contributed by atoms with Crippen LogP contribution in [0.25, 0.3) is 0 Å². The van der Waals surface area contributed by atoms with E-state index in [2.05, 4.69) is 3.97 Å². The molecule has 0 spiro atoms. The van der Waals surface area contributed by atoms with Crippen molar-refractivity contribution in [3.05, 3.63) is 0 Å². The van der Waals surface area contributed by atoms with Crippen molar-refractivity contribution in [1.29, 1.82) is 0 Å². The maximum absolute atomic E-state index is 9.32. The van der Waals surface area contributed by atoms with Crippen LogP contribution in [0.1, 0.15) is 0 Å². The molecule has 0 aromatic rings. The van der Waals surface area contributed by atoms with Gasteiger partial charge in [0.25, 0.3) is 0 Å². The molecule has 0 radical (unpaired) electrons. The summed E-state index contributed by atoms with van der Waals surface area (Å²) in [5.74, 6) is 0. The quantitative estimate of drug-likeness (QED) is 0.211. The van der Waals surface area contributed by atoms with E-state index in [4.69, 9.17) is 0 Å². The minimum atomic E-state index is -5.69. The summed E-state index contributed by atoms with van der Waals surface area (Å²) in [4.78, 5) is 18.6. The fourth-order valence-electron chi connectivity index (χ4n) is 0.112. The molecule has 62 valence electrons. The van der Waals surface area contributed by atoms with Gasteiger partial charge < -0.3 is 18.9 Å². The molecule has 0 atom stereocenters. The number of hydrogen-bond donors (Lipinski definition) is 0. The van der Waals surface area contributed by atoms with Crippen LogP contribution in [0.2, 0.25) is 0 Å². The minimum absolute atomic E-state index is 0. The van der Waals surface area contributed by atoms with Gasteiger partial charge in [-0.05, 0) is 0 Å². The molecule has 0 aromatic carbocycles. The van der Waals surface area contributed by atoms with Crippen molar-refractivity contribution < 1.29 is 120 Å². The Balaban J connectivity index is -0.0000000533. The van der Waals surface area contributed by atoms with Crippen molar-refractivity contribution in [2.45, 2.75) is 0 Å². The van der Waals surface area contributed by atoms with Crippen LogP contribution < -0.4 is 98.5 Å². The summed E-state index contributed by atoms with van der Waals surface area (Å²) in [5, 5.41) is 0. The van der Waals surface area contributed by atoms with Crippen LogP contribution in [0.5, 0.6) is 0 Å². The third-order valence-electron chi connectivity index (χ3n) is 0.183. The van der Waals surface area contributed by atoms with Crippen molar-refractivity contribution >= 4 is 35.6 Å². The van der Waals surface area contributed by atoms with Gasteiger partial charge in [-0.2, -0.15) is 0 Å². The molecule has 13 heteroatoms. The molecule has 0 bridgehead atoms. The molecule has 0 aliphatic heterocycles. The largest absolute Gasteiger partial charge is 1.00 e. The van der Waals surface area contributed by atoms with E-state index in [0.29, 0.717) is 0 Å². The molecule has 0 saturated carbocycles. The zero-order valence-corrected chi connectivity index (χ0v) is 14.4. The second-order valence-corrected chi connectivity index (χ2v) is 3.24. The Hall–Kier alpha value is 3.55. The zero-order chi connectivity index (χ0) is 7.71. The molecular weight excluding hydrogens is 271 g/mol. The summed E-state index contributed by atoms with van der Waals surface area (Å²) >= 11 is 0. The van der Waals surface area contributed by atoms with Crippen LogP contribution in [-0.2, 0) is 18.9 Å². The first-order chi connectivity index (χ1) is 3.71. The van der Waals surface area contributed by atoms with Gasteiger partial charge in [0.15, 0.2) is 17.4 Å². The van der Waals surface area contributed by atoms with Crippen LogP contribution >= 0.6 is 7.82 Å². The van der Waals surface area contributed by atoms with Gasteiger partial charge in [0.1, 0.15) is 0 Å². The van der Waals surface area contributed by atoms with Crippen molar-refractivity contribution in [2.24, 2.45) is 0 Å². The molecule has 0 amide bonds.